The van der Waals surface area contributed by atoms with Crippen LogP contribution in [0.25, 0.3) is 11.2 Å². The van der Waals surface area contributed by atoms with Gasteiger partial charge in [-0.3, -0.25) is 13.9 Å². The van der Waals surface area contributed by atoms with Crippen molar-refractivity contribution in [2.45, 2.75) is 84.7 Å². The lowest BCUT2D eigenvalue weighted by Gasteiger charge is -2.46. The van der Waals surface area contributed by atoms with E-state index in [9.17, 15) is 9.59 Å². The van der Waals surface area contributed by atoms with E-state index in [1.54, 1.807) is 4.57 Å². The molecule has 2 fully saturated rings. The van der Waals surface area contributed by atoms with E-state index in [0.717, 1.165) is 55.4 Å². The molecular formula is C24H36N4O2. The minimum absolute atomic E-state index is 0.000606. The fraction of sp³-hybridized carbons (Fsp3) is 0.708. The summed E-state index contributed by atoms with van der Waals surface area (Å²) in [5.41, 5.74) is 2.95. The van der Waals surface area contributed by atoms with E-state index >= 15 is 0 Å². The number of hydrogen-bond acceptors (Lipinski definition) is 3. The van der Waals surface area contributed by atoms with Gasteiger partial charge >= 0.3 is 5.69 Å². The Hall–Kier alpha value is -2.11. The number of hydrogen-bond donors (Lipinski definition) is 1. The molecule has 1 N–H and O–H groups in total. The van der Waals surface area contributed by atoms with Crippen LogP contribution in [-0.2, 0) is 18.4 Å². The minimum Gasteiger partial charge on any atom is -0.353 e. The number of nitrogens with one attached hydrogen (secondary N) is 1. The Bertz CT molecular complexity index is 1020. The molecule has 2 saturated carbocycles. The van der Waals surface area contributed by atoms with Crippen LogP contribution in [0.15, 0.2) is 16.9 Å². The zero-order chi connectivity index (χ0) is 21.9. The second kappa shape index (κ2) is 6.96. The molecule has 30 heavy (non-hydrogen) atoms. The van der Waals surface area contributed by atoms with Crippen LogP contribution in [0.4, 0.5) is 0 Å². The van der Waals surface area contributed by atoms with Gasteiger partial charge in [0.1, 0.15) is 0 Å². The number of nitrogens with zero attached hydrogens (tertiary/aromatic N) is 3. The van der Waals surface area contributed by atoms with Gasteiger partial charge in [0.15, 0.2) is 5.65 Å². The molecule has 2 aromatic rings. The zero-order valence-electron chi connectivity index (χ0n) is 19.3. The Balaban J connectivity index is 1.68. The molecule has 0 radical (unpaired) electrons. The van der Waals surface area contributed by atoms with Crippen molar-refractivity contribution in [2.24, 2.45) is 23.8 Å². The third kappa shape index (κ3) is 3.58. The van der Waals surface area contributed by atoms with Gasteiger partial charge in [-0.15, -0.1) is 0 Å². The molecule has 0 aliphatic heterocycles. The minimum atomic E-state index is -0.0308. The van der Waals surface area contributed by atoms with Gasteiger partial charge in [-0.05, 0) is 61.0 Å². The van der Waals surface area contributed by atoms with Crippen molar-refractivity contribution < 1.29 is 4.79 Å². The molecule has 6 nitrogen and oxygen atoms in total. The van der Waals surface area contributed by atoms with Crippen LogP contribution in [0.5, 0.6) is 0 Å². The van der Waals surface area contributed by atoms with Crippen molar-refractivity contribution in [2.75, 3.05) is 0 Å². The topological polar surface area (TPSA) is 68.9 Å². The summed E-state index contributed by atoms with van der Waals surface area (Å²) < 4.78 is 3.54. The van der Waals surface area contributed by atoms with Gasteiger partial charge in [-0.1, -0.05) is 34.6 Å². The van der Waals surface area contributed by atoms with E-state index in [0.29, 0.717) is 18.4 Å². The average molecular weight is 413 g/mol. The van der Waals surface area contributed by atoms with Gasteiger partial charge in [0.25, 0.3) is 0 Å². The van der Waals surface area contributed by atoms with Crippen LogP contribution in [0.1, 0.15) is 78.3 Å². The van der Waals surface area contributed by atoms with Crippen molar-refractivity contribution in [1.29, 1.82) is 0 Å². The number of amides is 1. The summed E-state index contributed by atoms with van der Waals surface area (Å²) in [5, 5.41) is 3.15. The summed E-state index contributed by atoms with van der Waals surface area (Å²) in [6, 6.07) is 4.20. The Morgan fingerprint density at radius 3 is 2.53 bits per heavy atom. The summed E-state index contributed by atoms with van der Waals surface area (Å²) in [5.74, 6) is 0.806. The van der Waals surface area contributed by atoms with Gasteiger partial charge in [0.05, 0.1) is 5.52 Å². The maximum absolute atomic E-state index is 12.8. The first-order chi connectivity index (χ1) is 14.0. The first-order valence-electron chi connectivity index (χ1n) is 11.2. The van der Waals surface area contributed by atoms with E-state index in [-0.39, 0.29) is 22.1 Å². The third-order valence-electron chi connectivity index (χ3n) is 7.46. The fourth-order valence-corrected chi connectivity index (χ4v) is 5.67. The summed E-state index contributed by atoms with van der Waals surface area (Å²) in [4.78, 5) is 29.1. The molecule has 2 aromatic heterocycles. The Morgan fingerprint density at radius 2 is 1.93 bits per heavy atom. The second-order valence-electron chi connectivity index (χ2n) is 11.5. The van der Waals surface area contributed by atoms with Crippen molar-refractivity contribution in [3.05, 3.63) is 28.3 Å². The molecule has 2 aliphatic rings. The quantitative estimate of drug-likeness (QED) is 0.756. The molecule has 2 aliphatic carbocycles. The van der Waals surface area contributed by atoms with Gasteiger partial charge < -0.3 is 5.32 Å². The molecule has 0 saturated heterocycles. The number of pyridine rings is 1. The fourth-order valence-electron chi connectivity index (χ4n) is 5.67. The highest BCUT2D eigenvalue weighted by Gasteiger charge is 2.56. The lowest BCUT2D eigenvalue weighted by atomic mass is 9.61. The number of rotatable bonds is 5. The van der Waals surface area contributed by atoms with E-state index in [1.165, 1.54) is 0 Å². The standard InChI is InChI=1S/C24H36N4O2/c1-22(2,3)14-28-18-8-7-17(26-20(18)27(6)21(28)30)16-9-10-23(4,5)19(13-16)24(11-12-24)25-15-29/h7-8,15-16,19H,9-14H2,1-6H3,(H,25,29). The van der Waals surface area contributed by atoms with E-state index in [4.69, 9.17) is 4.98 Å². The Labute approximate surface area is 179 Å². The van der Waals surface area contributed by atoms with E-state index in [1.807, 2.05) is 11.6 Å². The molecular weight excluding hydrogens is 376 g/mol. The number of carbonyl (C=O) groups is 1. The maximum Gasteiger partial charge on any atom is 0.330 e. The maximum atomic E-state index is 12.8. The van der Waals surface area contributed by atoms with Gasteiger partial charge in [0.2, 0.25) is 6.41 Å². The number of aromatic nitrogens is 3. The van der Waals surface area contributed by atoms with Crippen LogP contribution in [0.2, 0.25) is 0 Å². The molecule has 2 unspecified atom stereocenters. The molecule has 4 rings (SSSR count). The highest BCUT2D eigenvalue weighted by Crippen LogP contribution is 2.57. The Kier molecular flexibility index (Phi) is 4.90. The largest absolute Gasteiger partial charge is 0.353 e. The number of carbonyl (C=O) groups excluding carboxylic acids is 1. The van der Waals surface area contributed by atoms with Crippen LogP contribution < -0.4 is 11.0 Å². The molecule has 1 amide bonds. The van der Waals surface area contributed by atoms with Crippen LogP contribution in [0.3, 0.4) is 0 Å². The van der Waals surface area contributed by atoms with Crippen LogP contribution in [-0.4, -0.2) is 26.1 Å². The first kappa shape index (κ1) is 21.1. The molecule has 164 valence electrons. The van der Waals surface area contributed by atoms with Crippen LogP contribution in [0, 0.1) is 16.7 Å². The van der Waals surface area contributed by atoms with Crippen molar-refractivity contribution in [3.63, 3.8) is 0 Å². The SMILES string of the molecule is Cn1c(=O)n(CC(C)(C)C)c2ccc(C3CCC(C)(C)C(C4(NC=O)CC4)C3)nc21. The normalized spacial score (nSPS) is 25.3. The molecule has 2 heterocycles. The Morgan fingerprint density at radius 1 is 1.23 bits per heavy atom. The molecule has 0 bridgehead atoms. The summed E-state index contributed by atoms with van der Waals surface area (Å²) in [7, 11) is 1.82. The molecule has 0 aromatic carbocycles. The van der Waals surface area contributed by atoms with Gasteiger partial charge in [0, 0.05) is 30.7 Å². The second-order valence-corrected chi connectivity index (χ2v) is 11.5. The molecule has 6 heteroatoms. The summed E-state index contributed by atoms with van der Waals surface area (Å²) >= 11 is 0. The van der Waals surface area contributed by atoms with Gasteiger partial charge in [-0.25, -0.2) is 9.78 Å². The number of aryl methyl sites for hydroxylation is 1. The summed E-state index contributed by atoms with van der Waals surface area (Å²) in [6.07, 6.45) is 6.27. The van der Waals surface area contributed by atoms with Crippen molar-refractivity contribution >= 4 is 17.6 Å². The van der Waals surface area contributed by atoms with Crippen molar-refractivity contribution in [1.82, 2.24) is 19.4 Å². The highest BCUT2D eigenvalue weighted by molar-refractivity contribution is 5.72. The predicted molar refractivity (Wildman–Crippen MR) is 119 cm³/mol. The lowest BCUT2D eigenvalue weighted by molar-refractivity contribution is -0.111. The summed E-state index contributed by atoms with van der Waals surface area (Å²) in [6.45, 7) is 11.8. The number of fused-ring (bicyclic) bond motifs is 1. The smallest absolute Gasteiger partial charge is 0.330 e. The first-order valence-corrected chi connectivity index (χ1v) is 11.2. The van der Waals surface area contributed by atoms with Crippen LogP contribution >= 0.6 is 0 Å². The lowest BCUT2D eigenvalue weighted by Crippen LogP contribution is -2.47. The molecule has 0 spiro atoms. The highest BCUT2D eigenvalue weighted by atomic mass is 16.1. The number of imidazole rings is 1. The van der Waals surface area contributed by atoms with Crippen molar-refractivity contribution in [3.8, 4) is 0 Å². The molecule has 2 atom stereocenters. The average Bonchev–Trinajstić information content (AvgIpc) is 3.40. The van der Waals surface area contributed by atoms with E-state index in [2.05, 4.69) is 52.1 Å². The van der Waals surface area contributed by atoms with E-state index < -0.39 is 0 Å². The zero-order valence-corrected chi connectivity index (χ0v) is 19.3. The monoisotopic (exact) mass is 412 g/mol. The third-order valence-corrected chi connectivity index (χ3v) is 7.46. The van der Waals surface area contributed by atoms with Gasteiger partial charge in [-0.2, -0.15) is 0 Å². The predicted octanol–water partition coefficient (Wildman–Crippen LogP) is 3.97.